The molecule has 0 amide bonds. The van der Waals surface area contributed by atoms with E-state index in [4.69, 9.17) is 0 Å². The summed E-state index contributed by atoms with van der Waals surface area (Å²) >= 11 is 0. The first kappa shape index (κ1) is 15.8. The van der Waals surface area contributed by atoms with Gasteiger partial charge in [0.2, 0.25) is 5.82 Å². The Balaban J connectivity index is 1.60. The lowest BCUT2D eigenvalue weighted by Crippen LogP contribution is -2.22. The second kappa shape index (κ2) is 6.66. The van der Waals surface area contributed by atoms with Crippen molar-refractivity contribution in [1.82, 2.24) is 40.4 Å². The highest BCUT2D eigenvalue weighted by molar-refractivity contribution is 5.53. The molecule has 0 saturated heterocycles. The van der Waals surface area contributed by atoms with Gasteiger partial charge >= 0.3 is 0 Å². The summed E-state index contributed by atoms with van der Waals surface area (Å²) < 4.78 is 15.3. The van der Waals surface area contributed by atoms with Crippen molar-refractivity contribution in [2.24, 2.45) is 0 Å². The van der Waals surface area contributed by atoms with Crippen molar-refractivity contribution < 1.29 is 4.39 Å². The largest absolute Gasteiger partial charge is 0.224 e. The van der Waals surface area contributed by atoms with Gasteiger partial charge in [-0.3, -0.25) is 0 Å². The van der Waals surface area contributed by atoms with E-state index in [0.29, 0.717) is 17.4 Å². The number of halogens is 1. The number of benzene rings is 1. The summed E-state index contributed by atoms with van der Waals surface area (Å²) in [6.45, 7) is 1.93. The van der Waals surface area contributed by atoms with E-state index in [0.717, 1.165) is 18.7 Å². The SMILES string of the molecule is CC(c1nnnn1C1CCCCC1)n1nnc(-c2cccc(F)c2)n1. The lowest BCUT2D eigenvalue weighted by molar-refractivity contribution is 0.304. The molecule has 4 rings (SSSR count). The minimum atomic E-state index is -0.330. The van der Waals surface area contributed by atoms with Crippen molar-refractivity contribution in [3.63, 3.8) is 0 Å². The Labute approximate surface area is 144 Å². The second-order valence-corrected chi connectivity index (χ2v) is 6.39. The summed E-state index contributed by atoms with van der Waals surface area (Å²) in [6.07, 6.45) is 5.84. The number of aromatic nitrogens is 8. The summed E-state index contributed by atoms with van der Waals surface area (Å²) in [6, 6.07) is 6.21. The van der Waals surface area contributed by atoms with Crippen LogP contribution < -0.4 is 0 Å². The van der Waals surface area contributed by atoms with E-state index in [-0.39, 0.29) is 11.9 Å². The van der Waals surface area contributed by atoms with E-state index >= 15 is 0 Å². The van der Waals surface area contributed by atoms with E-state index in [1.165, 1.54) is 36.2 Å². The summed E-state index contributed by atoms with van der Waals surface area (Å²) in [5, 5.41) is 24.7. The Hall–Kier alpha value is -2.71. The summed E-state index contributed by atoms with van der Waals surface area (Å²) in [7, 11) is 0. The van der Waals surface area contributed by atoms with Crippen LogP contribution in [-0.2, 0) is 0 Å². The summed E-state index contributed by atoms with van der Waals surface area (Å²) in [5.74, 6) is 0.765. The molecule has 0 N–H and O–H groups in total. The van der Waals surface area contributed by atoms with Crippen molar-refractivity contribution in [3.05, 3.63) is 35.9 Å². The molecule has 1 atom stereocenters. The van der Waals surface area contributed by atoms with Gasteiger partial charge in [-0.1, -0.05) is 31.4 Å². The van der Waals surface area contributed by atoms with Crippen LogP contribution in [0.1, 0.15) is 56.9 Å². The molecular weight excluding hydrogens is 323 g/mol. The molecule has 3 aromatic rings. The van der Waals surface area contributed by atoms with Gasteiger partial charge in [0, 0.05) is 5.56 Å². The quantitative estimate of drug-likeness (QED) is 0.724. The van der Waals surface area contributed by atoms with Gasteiger partial charge in [0.05, 0.1) is 6.04 Å². The molecule has 1 saturated carbocycles. The van der Waals surface area contributed by atoms with Crippen molar-refractivity contribution in [3.8, 4) is 11.4 Å². The smallest absolute Gasteiger partial charge is 0.205 e. The van der Waals surface area contributed by atoms with Crippen LogP contribution in [0, 0.1) is 5.82 Å². The molecule has 0 aliphatic heterocycles. The second-order valence-electron chi connectivity index (χ2n) is 6.39. The van der Waals surface area contributed by atoms with Crippen LogP contribution in [0.5, 0.6) is 0 Å². The Kier molecular flexibility index (Phi) is 4.21. The molecule has 0 spiro atoms. The molecule has 9 heteroatoms. The monoisotopic (exact) mass is 342 g/mol. The van der Waals surface area contributed by atoms with Gasteiger partial charge in [-0.25, -0.2) is 9.07 Å². The maximum atomic E-state index is 13.4. The molecule has 0 radical (unpaired) electrons. The topological polar surface area (TPSA) is 87.2 Å². The third-order valence-corrected chi connectivity index (χ3v) is 4.67. The lowest BCUT2D eigenvalue weighted by atomic mass is 9.95. The van der Waals surface area contributed by atoms with Crippen LogP contribution in [0.4, 0.5) is 4.39 Å². The van der Waals surface area contributed by atoms with Gasteiger partial charge in [-0.2, -0.15) is 4.80 Å². The summed E-state index contributed by atoms with van der Waals surface area (Å²) in [5.41, 5.74) is 0.588. The molecule has 1 aliphatic rings. The molecule has 1 aromatic carbocycles. The maximum Gasteiger partial charge on any atom is 0.205 e. The molecule has 1 aliphatic carbocycles. The summed E-state index contributed by atoms with van der Waals surface area (Å²) in [4.78, 5) is 1.48. The fourth-order valence-corrected chi connectivity index (χ4v) is 3.30. The van der Waals surface area contributed by atoms with Crippen LogP contribution >= 0.6 is 0 Å². The lowest BCUT2D eigenvalue weighted by Gasteiger charge is -2.23. The Morgan fingerprint density at radius 2 is 1.96 bits per heavy atom. The van der Waals surface area contributed by atoms with Crippen LogP contribution in [0.2, 0.25) is 0 Å². The van der Waals surface area contributed by atoms with E-state index in [9.17, 15) is 4.39 Å². The standard InChI is InChI=1S/C16H19FN8/c1-11(16-19-21-23-24(16)14-8-3-2-4-9-14)25-20-15(18-22-25)12-6-5-7-13(17)10-12/h5-7,10-11,14H,2-4,8-9H2,1H3. The average molecular weight is 342 g/mol. The Morgan fingerprint density at radius 3 is 2.76 bits per heavy atom. The first-order chi connectivity index (χ1) is 12.2. The highest BCUT2D eigenvalue weighted by Gasteiger charge is 2.25. The number of hydrogen-bond donors (Lipinski definition) is 0. The number of hydrogen-bond acceptors (Lipinski definition) is 6. The zero-order chi connectivity index (χ0) is 17.2. The van der Waals surface area contributed by atoms with Gasteiger partial charge in [-0.15, -0.1) is 15.3 Å². The molecule has 1 fully saturated rings. The average Bonchev–Trinajstić information content (AvgIpc) is 3.32. The maximum absolute atomic E-state index is 13.4. The third-order valence-electron chi connectivity index (χ3n) is 4.67. The zero-order valence-corrected chi connectivity index (χ0v) is 14.0. The molecule has 130 valence electrons. The molecule has 8 nitrogen and oxygen atoms in total. The van der Waals surface area contributed by atoms with E-state index < -0.39 is 0 Å². The van der Waals surface area contributed by atoms with Crippen molar-refractivity contribution >= 4 is 0 Å². The normalized spacial score (nSPS) is 16.9. The first-order valence-corrected chi connectivity index (χ1v) is 8.55. The molecular formula is C16H19FN8. The predicted molar refractivity (Wildman–Crippen MR) is 87.0 cm³/mol. The molecule has 2 heterocycles. The predicted octanol–water partition coefficient (Wildman–Crippen LogP) is 2.58. The molecule has 1 unspecified atom stereocenters. The molecule has 0 bridgehead atoms. The van der Waals surface area contributed by atoms with Gasteiger partial charge in [-0.05, 0) is 47.5 Å². The van der Waals surface area contributed by atoms with Crippen LogP contribution in [0.3, 0.4) is 0 Å². The Morgan fingerprint density at radius 1 is 1.12 bits per heavy atom. The number of rotatable bonds is 4. The van der Waals surface area contributed by atoms with Gasteiger partial charge in [0.1, 0.15) is 11.9 Å². The van der Waals surface area contributed by atoms with E-state index in [1.807, 2.05) is 11.6 Å². The van der Waals surface area contributed by atoms with Crippen LogP contribution in [-0.4, -0.2) is 40.4 Å². The minimum Gasteiger partial charge on any atom is -0.224 e. The van der Waals surface area contributed by atoms with Crippen LogP contribution in [0.15, 0.2) is 24.3 Å². The third kappa shape index (κ3) is 3.13. The van der Waals surface area contributed by atoms with E-state index in [1.54, 1.807) is 12.1 Å². The fourth-order valence-electron chi connectivity index (χ4n) is 3.30. The number of tetrazole rings is 2. The van der Waals surface area contributed by atoms with Gasteiger partial charge < -0.3 is 0 Å². The fraction of sp³-hybridized carbons (Fsp3) is 0.500. The zero-order valence-electron chi connectivity index (χ0n) is 14.0. The Bertz CT molecular complexity index is 851. The van der Waals surface area contributed by atoms with Crippen LogP contribution in [0.25, 0.3) is 11.4 Å². The molecule has 2 aromatic heterocycles. The number of nitrogens with zero attached hydrogens (tertiary/aromatic N) is 8. The highest BCUT2D eigenvalue weighted by Crippen LogP contribution is 2.29. The first-order valence-electron chi connectivity index (χ1n) is 8.55. The molecule has 25 heavy (non-hydrogen) atoms. The van der Waals surface area contributed by atoms with Gasteiger partial charge in [0.25, 0.3) is 0 Å². The van der Waals surface area contributed by atoms with Crippen molar-refractivity contribution in [1.29, 1.82) is 0 Å². The van der Waals surface area contributed by atoms with E-state index in [2.05, 4.69) is 30.9 Å². The minimum absolute atomic E-state index is 0.258. The van der Waals surface area contributed by atoms with Gasteiger partial charge in [0.15, 0.2) is 5.82 Å². The van der Waals surface area contributed by atoms with Crippen molar-refractivity contribution in [2.75, 3.05) is 0 Å². The highest BCUT2D eigenvalue weighted by atomic mass is 19.1. The van der Waals surface area contributed by atoms with Crippen molar-refractivity contribution in [2.45, 2.75) is 51.1 Å².